The molecule has 2 rings (SSSR count). The van der Waals surface area contributed by atoms with E-state index in [9.17, 15) is 9.59 Å². The average molecular weight is 212 g/mol. The van der Waals surface area contributed by atoms with Gasteiger partial charge in [-0.2, -0.15) is 0 Å². The number of hydrogen-bond acceptors (Lipinski definition) is 2. The summed E-state index contributed by atoms with van der Waals surface area (Å²) in [5.74, 6) is 0.426. The Hall–Kier alpha value is -1.96. The lowest BCUT2D eigenvalue weighted by Crippen LogP contribution is -2.00. The molecule has 0 radical (unpaired) electrons. The van der Waals surface area contributed by atoms with E-state index in [-0.39, 0.29) is 23.4 Å². The summed E-state index contributed by atoms with van der Waals surface area (Å²) < 4.78 is 0. The molecule has 0 unspecified atom stereocenters. The van der Waals surface area contributed by atoms with Crippen molar-refractivity contribution in [2.24, 2.45) is 11.8 Å². The minimum Gasteiger partial charge on any atom is -0.290 e. The van der Waals surface area contributed by atoms with Crippen LogP contribution in [0.15, 0.2) is 60.8 Å². The molecule has 0 saturated carbocycles. The fourth-order valence-corrected chi connectivity index (χ4v) is 1.58. The molecule has 2 nitrogen and oxygen atoms in total. The van der Waals surface area contributed by atoms with Crippen molar-refractivity contribution in [1.29, 1.82) is 0 Å². The Balaban J connectivity index is 1.95. The van der Waals surface area contributed by atoms with Crippen LogP contribution in [-0.4, -0.2) is 11.6 Å². The predicted octanol–water partition coefficient (Wildman–Crippen LogP) is 2.17. The first-order valence-electron chi connectivity index (χ1n) is 5.23. The van der Waals surface area contributed by atoms with Gasteiger partial charge < -0.3 is 0 Å². The van der Waals surface area contributed by atoms with Gasteiger partial charge in [0.25, 0.3) is 0 Å². The second kappa shape index (κ2) is 4.71. The maximum absolute atomic E-state index is 10.9. The number of carbonyl (C=O) groups is 2. The van der Waals surface area contributed by atoms with E-state index in [1.807, 2.05) is 36.5 Å². The molecule has 0 aliphatic heterocycles. The quantitative estimate of drug-likeness (QED) is 0.657. The Kier molecular flexibility index (Phi) is 3.10. The molecule has 0 aromatic heterocycles. The van der Waals surface area contributed by atoms with Gasteiger partial charge >= 0.3 is 0 Å². The minimum absolute atomic E-state index is 0.0349. The summed E-state index contributed by atoms with van der Waals surface area (Å²) in [7, 11) is 0. The van der Waals surface area contributed by atoms with Crippen LogP contribution in [0.1, 0.15) is 0 Å². The molecular weight excluding hydrogens is 200 g/mol. The van der Waals surface area contributed by atoms with Gasteiger partial charge in [-0.1, -0.05) is 36.5 Å². The zero-order chi connectivity index (χ0) is 11.4. The smallest absolute Gasteiger partial charge is 0.178 e. The van der Waals surface area contributed by atoms with Crippen molar-refractivity contribution in [3.8, 4) is 0 Å². The van der Waals surface area contributed by atoms with Crippen molar-refractivity contribution in [3.63, 3.8) is 0 Å². The highest BCUT2D eigenvalue weighted by molar-refractivity contribution is 6.00. The molecule has 0 atom stereocenters. The average Bonchev–Trinajstić information content (AvgIpc) is 2.30. The number of ketones is 2. The number of rotatable bonds is 2. The van der Waals surface area contributed by atoms with Gasteiger partial charge in [-0.15, -0.1) is 0 Å². The van der Waals surface area contributed by atoms with Gasteiger partial charge in [-0.25, -0.2) is 0 Å². The van der Waals surface area contributed by atoms with Crippen LogP contribution in [0.2, 0.25) is 0 Å². The SMILES string of the molecule is O=C1C=CC(/C=C/C2C=CC(=O)C=C2)C=C1. The van der Waals surface area contributed by atoms with E-state index in [1.54, 1.807) is 24.3 Å². The lowest BCUT2D eigenvalue weighted by Gasteiger charge is -2.07. The molecule has 80 valence electrons. The third-order valence-electron chi connectivity index (χ3n) is 2.49. The predicted molar refractivity (Wildman–Crippen MR) is 62.7 cm³/mol. The summed E-state index contributed by atoms with van der Waals surface area (Å²) >= 11 is 0. The summed E-state index contributed by atoms with van der Waals surface area (Å²) in [5.41, 5.74) is 0. The normalized spacial score (nSPS) is 21.5. The van der Waals surface area contributed by atoms with Gasteiger partial charge in [0.2, 0.25) is 0 Å². The van der Waals surface area contributed by atoms with Crippen molar-refractivity contribution >= 4 is 11.6 Å². The van der Waals surface area contributed by atoms with Gasteiger partial charge in [0, 0.05) is 11.8 Å². The summed E-state index contributed by atoms with van der Waals surface area (Å²) in [6.45, 7) is 0. The lowest BCUT2D eigenvalue weighted by atomic mass is 9.97. The first kappa shape index (κ1) is 10.6. The van der Waals surface area contributed by atoms with Crippen LogP contribution in [-0.2, 0) is 9.59 Å². The van der Waals surface area contributed by atoms with Crippen LogP contribution in [0.4, 0.5) is 0 Å². The van der Waals surface area contributed by atoms with E-state index in [2.05, 4.69) is 0 Å². The third-order valence-corrected chi connectivity index (χ3v) is 2.49. The Labute approximate surface area is 94.3 Å². The molecule has 0 saturated heterocycles. The number of carbonyl (C=O) groups excluding carboxylic acids is 2. The zero-order valence-corrected chi connectivity index (χ0v) is 8.74. The van der Waals surface area contributed by atoms with Crippen LogP contribution < -0.4 is 0 Å². The maximum atomic E-state index is 10.9. The molecule has 2 aliphatic rings. The fraction of sp³-hybridized carbons (Fsp3) is 0.143. The Morgan fingerprint density at radius 2 is 1.00 bits per heavy atom. The van der Waals surface area contributed by atoms with Gasteiger partial charge in [0.05, 0.1) is 0 Å². The van der Waals surface area contributed by atoms with Gasteiger partial charge in [0.1, 0.15) is 0 Å². The minimum atomic E-state index is 0.0349. The van der Waals surface area contributed by atoms with E-state index < -0.39 is 0 Å². The second-order valence-corrected chi connectivity index (χ2v) is 3.78. The van der Waals surface area contributed by atoms with E-state index >= 15 is 0 Å². The summed E-state index contributed by atoms with van der Waals surface area (Å²) in [5, 5.41) is 0. The molecule has 0 aromatic carbocycles. The molecule has 0 N–H and O–H groups in total. The Morgan fingerprint density at radius 1 is 0.688 bits per heavy atom. The Bertz CT molecular complexity index is 373. The van der Waals surface area contributed by atoms with Crippen LogP contribution in [0.25, 0.3) is 0 Å². The van der Waals surface area contributed by atoms with E-state index in [4.69, 9.17) is 0 Å². The molecule has 0 fully saturated rings. The van der Waals surface area contributed by atoms with Crippen molar-refractivity contribution in [2.75, 3.05) is 0 Å². The molecule has 0 aromatic rings. The topological polar surface area (TPSA) is 34.1 Å². The van der Waals surface area contributed by atoms with E-state index in [0.717, 1.165) is 0 Å². The first-order chi connectivity index (χ1) is 7.74. The molecule has 0 heterocycles. The summed E-state index contributed by atoms with van der Waals surface area (Å²) in [6.07, 6.45) is 17.8. The van der Waals surface area contributed by atoms with Gasteiger partial charge in [-0.3, -0.25) is 9.59 Å². The first-order valence-corrected chi connectivity index (χ1v) is 5.23. The van der Waals surface area contributed by atoms with E-state index in [1.165, 1.54) is 0 Å². The van der Waals surface area contributed by atoms with Crippen LogP contribution in [0.5, 0.6) is 0 Å². The zero-order valence-electron chi connectivity index (χ0n) is 8.74. The van der Waals surface area contributed by atoms with Gasteiger partial charge in [-0.05, 0) is 24.3 Å². The summed E-state index contributed by atoms with van der Waals surface area (Å²) in [4.78, 5) is 21.8. The second-order valence-electron chi connectivity index (χ2n) is 3.78. The maximum Gasteiger partial charge on any atom is 0.178 e. The number of hydrogen-bond donors (Lipinski definition) is 0. The monoisotopic (exact) mass is 212 g/mol. The van der Waals surface area contributed by atoms with E-state index in [0.29, 0.717) is 0 Å². The van der Waals surface area contributed by atoms with Crippen LogP contribution in [0.3, 0.4) is 0 Å². The fourth-order valence-electron chi connectivity index (χ4n) is 1.58. The summed E-state index contributed by atoms with van der Waals surface area (Å²) in [6, 6.07) is 0. The highest BCUT2D eigenvalue weighted by Gasteiger charge is 2.05. The molecule has 0 amide bonds. The largest absolute Gasteiger partial charge is 0.290 e. The molecule has 16 heavy (non-hydrogen) atoms. The standard InChI is InChI=1S/C14H12O2/c15-13-7-3-11(4-8-13)1-2-12-5-9-14(16)10-6-12/h1-12H/b2-1+. The van der Waals surface area contributed by atoms with Crippen molar-refractivity contribution in [3.05, 3.63) is 60.8 Å². The molecule has 0 spiro atoms. The lowest BCUT2D eigenvalue weighted by molar-refractivity contribution is -0.111. The van der Waals surface area contributed by atoms with Crippen molar-refractivity contribution in [1.82, 2.24) is 0 Å². The molecule has 2 heteroatoms. The Morgan fingerprint density at radius 3 is 1.31 bits per heavy atom. The van der Waals surface area contributed by atoms with Crippen molar-refractivity contribution in [2.45, 2.75) is 0 Å². The molecule has 0 bridgehead atoms. The highest BCUT2D eigenvalue weighted by atomic mass is 16.1. The molecule has 2 aliphatic carbocycles. The van der Waals surface area contributed by atoms with Crippen molar-refractivity contribution < 1.29 is 9.59 Å². The highest BCUT2D eigenvalue weighted by Crippen LogP contribution is 2.14. The van der Waals surface area contributed by atoms with Crippen LogP contribution >= 0.6 is 0 Å². The molecular formula is C14H12O2. The van der Waals surface area contributed by atoms with Crippen LogP contribution in [0, 0.1) is 11.8 Å². The van der Waals surface area contributed by atoms with Gasteiger partial charge in [0.15, 0.2) is 11.6 Å². The third kappa shape index (κ3) is 2.76. The number of allylic oxidation sites excluding steroid dienone is 10.